The molecule has 0 unspecified atom stereocenters. The van der Waals surface area contributed by atoms with Gasteiger partial charge in [-0.05, 0) is 61.4 Å². The van der Waals surface area contributed by atoms with Gasteiger partial charge in [-0.15, -0.1) is 0 Å². The second-order valence-electron chi connectivity index (χ2n) is 8.61. The molecule has 0 atom stereocenters. The number of hydrogen-bond acceptors (Lipinski definition) is 4. The van der Waals surface area contributed by atoms with Crippen molar-refractivity contribution >= 4 is 17.6 Å². The second-order valence-corrected chi connectivity index (χ2v) is 8.61. The minimum absolute atomic E-state index is 0.0196. The summed E-state index contributed by atoms with van der Waals surface area (Å²) in [7, 11) is 1.66. The van der Waals surface area contributed by atoms with E-state index in [0.29, 0.717) is 12.5 Å². The van der Waals surface area contributed by atoms with E-state index in [2.05, 4.69) is 50.5 Å². The van der Waals surface area contributed by atoms with Gasteiger partial charge < -0.3 is 16.0 Å². The standard InChI is InChI=1S/C25H30N6O/c1-27-24(30-17-26)31-21-9-12-25(13-10-21,20-5-3-2-4-6-20)16-29-23(32)19-7-8-22-18(15-19)11-14-28-22/h2-8,15,21,28H,9-14,16H2,1H3,(H,29,32)(H2,27,30,31). The number of rotatable bonds is 5. The smallest absolute Gasteiger partial charge is 0.251 e. The van der Waals surface area contributed by atoms with Gasteiger partial charge in [-0.2, -0.15) is 5.26 Å². The Labute approximate surface area is 189 Å². The number of nitrogens with zero attached hydrogens (tertiary/aromatic N) is 2. The van der Waals surface area contributed by atoms with Crippen LogP contribution in [0.15, 0.2) is 53.5 Å². The SMILES string of the molecule is CN=C(NC#N)NC1CCC(CNC(=O)c2ccc3c(c2)CCN3)(c2ccccc2)CC1. The van der Waals surface area contributed by atoms with E-state index in [1.165, 1.54) is 11.1 Å². The Morgan fingerprint density at radius 2 is 2.00 bits per heavy atom. The van der Waals surface area contributed by atoms with Crippen molar-refractivity contribution in [3.63, 3.8) is 0 Å². The number of benzene rings is 2. The van der Waals surface area contributed by atoms with Crippen LogP contribution in [0, 0.1) is 11.5 Å². The van der Waals surface area contributed by atoms with Gasteiger partial charge in [0.1, 0.15) is 0 Å². The first kappa shape index (κ1) is 21.7. The van der Waals surface area contributed by atoms with Gasteiger partial charge in [-0.3, -0.25) is 15.1 Å². The lowest BCUT2D eigenvalue weighted by Gasteiger charge is -2.41. The molecule has 2 aromatic rings. The van der Waals surface area contributed by atoms with Crippen LogP contribution >= 0.6 is 0 Å². The van der Waals surface area contributed by atoms with E-state index in [4.69, 9.17) is 5.26 Å². The Bertz CT molecular complexity index is 1020. The van der Waals surface area contributed by atoms with Gasteiger partial charge >= 0.3 is 0 Å². The zero-order chi connectivity index (χ0) is 22.4. The lowest BCUT2D eigenvalue weighted by molar-refractivity contribution is 0.0935. The largest absolute Gasteiger partial charge is 0.384 e. The number of anilines is 1. The molecular formula is C25H30N6O. The molecule has 0 radical (unpaired) electrons. The van der Waals surface area contributed by atoms with E-state index in [1.54, 1.807) is 7.05 Å². The van der Waals surface area contributed by atoms with Gasteiger partial charge in [0, 0.05) is 42.8 Å². The van der Waals surface area contributed by atoms with Gasteiger partial charge in [0.05, 0.1) is 0 Å². The monoisotopic (exact) mass is 430 g/mol. The maximum absolute atomic E-state index is 13.0. The van der Waals surface area contributed by atoms with Gasteiger partial charge in [-0.25, -0.2) is 0 Å². The van der Waals surface area contributed by atoms with Crippen molar-refractivity contribution in [3.8, 4) is 6.19 Å². The van der Waals surface area contributed by atoms with Crippen LogP contribution in [0.25, 0.3) is 0 Å². The van der Waals surface area contributed by atoms with Crippen LogP contribution in [0.3, 0.4) is 0 Å². The summed E-state index contributed by atoms with van der Waals surface area (Å²) in [5.74, 6) is 0.484. The number of nitriles is 1. The van der Waals surface area contributed by atoms with Crippen LogP contribution in [-0.4, -0.2) is 38.0 Å². The maximum atomic E-state index is 13.0. The number of guanidine groups is 1. The van der Waals surface area contributed by atoms with E-state index in [0.717, 1.165) is 49.9 Å². The third-order valence-corrected chi connectivity index (χ3v) is 6.73. The highest BCUT2D eigenvalue weighted by molar-refractivity contribution is 5.95. The molecule has 1 fully saturated rings. The lowest BCUT2D eigenvalue weighted by Crippen LogP contribution is -2.49. The molecule has 1 saturated carbocycles. The lowest BCUT2D eigenvalue weighted by atomic mass is 9.68. The zero-order valence-corrected chi connectivity index (χ0v) is 18.4. The van der Waals surface area contributed by atoms with Crippen molar-refractivity contribution in [2.75, 3.05) is 25.5 Å². The Morgan fingerprint density at radius 1 is 1.22 bits per heavy atom. The molecule has 0 aromatic heterocycles. The predicted molar refractivity (Wildman–Crippen MR) is 127 cm³/mol. The summed E-state index contributed by atoms with van der Waals surface area (Å²) >= 11 is 0. The third kappa shape index (κ3) is 4.70. The van der Waals surface area contributed by atoms with Crippen LogP contribution in [0.5, 0.6) is 0 Å². The van der Waals surface area contributed by atoms with Crippen molar-refractivity contribution in [3.05, 3.63) is 65.2 Å². The van der Waals surface area contributed by atoms with E-state index < -0.39 is 0 Å². The van der Waals surface area contributed by atoms with Crippen LogP contribution in [-0.2, 0) is 11.8 Å². The number of carbonyl (C=O) groups is 1. The van der Waals surface area contributed by atoms with E-state index in [9.17, 15) is 4.79 Å². The molecule has 2 aliphatic rings. The molecule has 32 heavy (non-hydrogen) atoms. The van der Waals surface area contributed by atoms with Crippen molar-refractivity contribution in [1.29, 1.82) is 5.26 Å². The van der Waals surface area contributed by atoms with Crippen molar-refractivity contribution < 1.29 is 4.79 Å². The third-order valence-electron chi connectivity index (χ3n) is 6.73. The van der Waals surface area contributed by atoms with E-state index in [-0.39, 0.29) is 17.4 Å². The first-order valence-corrected chi connectivity index (χ1v) is 11.2. The number of aliphatic imine (C=N–C) groups is 1. The summed E-state index contributed by atoms with van der Waals surface area (Å²) in [5, 5.41) is 21.4. The first-order chi connectivity index (χ1) is 15.6. The van der Waals surface area contributed by atoms with Gasteiger partial charge in [0.2, 0.25) is 5.96 Å². The highest BCUT2D eigenvalue weighted by Crippen LogP contribution is 2.39. The fraction of sp³-hybridized carbons (Fsp3) is 0.400. The van der Waals surface area contributed by atoms with Gasteiger partial charge in [0.25, 0.3) is 5.91 Å². The molecule has 0 bridgehead atoms. The highest BCUT2D eigenvalue weighted by Gasteiger charge is 2.37. The fourth-order valence-electron chi connectivity index (χ4n) is 4.87. The summed E-state index contributed by atoms with van der Waals surface area (Å²) in [6, 6.07) is 16.6. The van der Waals surface area contributed by atoms with Crippen LogP contribution in [0.2, 0.25) is 0 Å². The van der Waals surface area contributed by atoms with E-state index >= 15 is 0 Å². The Morgan fingerprint density at radius 3 is 2.72 bits per heavy atom. The quantitative estimate of drug-likeness (QED) is 0.253. The van der Waals surface area contributed by atoms with Crippen LogP contribution in [0.4, 0.5) is 5.69 Å². The van der Waals surface area contributed by atoms with E-state index in [1.807, 2.05) is 30.5 Å². The molecule has 7 nitrogen and oxygen atoms in total. The fourth-order valence-corrected chi connectivity index (χ4v) is 4.87. The average molecular weight is 431 g/mol. The molecule has 166 valence electrons. The number of amides is 1. The second kappa shape index (κ2) is 9.73. The molecule has 7 heteroatoms. The molecule has 4 rings (SSSR count). The Kier molecular flexibility index (Phi) is 6.60. The summed E-state index contributed by atoms with van der Waals surface area (Å²) in [4.78, 5) is 17.1. The minimum atomic E-state index is -0.112. The molecule has 4 N–H and O–H groups in total. The average Bonchev–Trinajstić information content (AvgIpc) is 3.32. The first-order valence-electron chi connectivity index (χ1n) is 11.2. The van der Waals surface area contributed by atoms with Crippen LogP contribution in [0.1, 0.15) is 47.2 Å². The van der Waals surface area contributed by atoms with Crippen molar-refractivity contribution in [2.24, 2.45) is 4.99 Å². The molecule has 1 amide bonds. The van der Waals surface area contributed by atoms with Gasteiger partial charge in [0.15, 0.2) is 6.19 Å². The molecule has 1 aliphatic heterocycles. The van der Waals surface area contributed by atoms with Gasteiger partial charge in [-0.1, -0.05) is 30.3 Å². The molecule has 1 aliphatic carbocycles. The normalized spacial score (nSPS) is 22.2. The summed E-state index contributed by atoms with van der Waals surface area (Å²) in [6.45, 7) is 1.53. The molecular weight excluding hydrogens is 400 g/mol. The molecule has 0 saturated heterocycles. The summed E-state index contributed by atoms with van der Waals surface area (Å²) in [5.41, 5.74) is 4.21. The molecule has 1 heterocycles. The Balaban J connectivity index is 1.45. The topological polar surface area (TPSA) is 101 Å². The number of carbonyl (C=O) groups excluding carboxylic acids is 1. The highest BCUT2D eigenvalue weighted by atomic mass is 16.1. The van der Waals surface area contributed by atoms with Crippen molar-refractivity contribution in [1.82, 2.24) is 16.0 Å². The summed E-state index contributed by atoms with van der Waals surface area (Å²) < 4.78 is 0. The van der Waals surface area contributed by atoms with Crippen molar-refractivity contribution in [2.45, 2.75) is 43.6 Å². The maximum Gasteiger partial charge on any atom is 0.251 e. The number of hydrogen-bond donors (Lipinski definition) is 4. The molecule has 0 spiro atoms. The number of fused-ring (bicyclic) bond motifs is 1. The minimum Gasteiger partial charge on any atom is -0.384 e. The number of nitrogens with one attached hydrogen (secondary N) is 4. The zero-order valence-electron chi connectivity index (χ0n) is 18.4. The Hall–Kier alpha value is -3.53. The summed E-state index contributed by atoms with van der Waals surface area (Å²) in [6.07, 6.45) is 6.62. The molecule has 2 aromatic carbocycles. The van der Waals surface area contributed by atoms with Crippen LogP contribution < -0.4 is 21.3 Å². The predicted octanol–water partition coefficient (Wildman–Crippen LogP) is 2.91.